The van der Waals surface area contributed by atoms with Gasteiger partial charge in [0, 0.05) is 0 Å². The largest absolute Gasteiger partial charge is 0.432 e. The van der Waals surface area contributed by atoms with Crippen molar-refractivity contribution in [3.05, 3.63) is 40.4 Å². The smallest absolute Gasteiger partial charge is 0.334 e. The monoisotopic (exact) mass is 308 g/mol. The van der Waals surface area contributed by atoms with Crippen molar-refractivity contribution in [1.29, 1.82) is 0 Å². The standard InChI is InChI=1S/C10H5BrF4N2/c11-6-3-1-2-5(8(6)12)9-16-4-7(17-9)10(13,14)15/h1-4H,(H,16,17). The number of hydrogen-bond donors (Lipinski definition) is 1. The van der Waals surface area contributed by atoms with Gasteiger partial charge in [-0.3, -0.25) is 0 Å². The van der Waals surface area contributed by atoms with Crippen LogP contribution in [-0.4, -0.2) is 9.97 Å². The van der Waals surface area contributed by atoms with Gasteiger partial charge in [0.25, 0.3) is 0 Å². The minimum Gasteiger partial charge on any atom is -0.334 e. The molecule has 0 aliphatic rings. The number of nitrogens with one attached hydrogen (secondary N) is 1. The number of H-pyrrole nitrogens is 1. The summed E-state index contributed by atoms with van der Waals surface area (Å²) >= 11 is 2.95. The normalized spacial score (nSPS) is 11.8. The molecule has 0 aliphatic carbocycles. The Hall–Kier alpha value is -1.37. The van der Waals surface area contributed by atoms with E-state index < -0.39 is 17.7 Å². The lowest BCUT2D eigenvalue weighted by molar-refractivity contribution is -0.140. The first-order valence-corrected chi connectivity index (χ1v) is 5.25. The maximum Gasteiger partial charge on any atom is 0.432 e. The zero-order valence-corrected chi connectivity index (χ0v) is 9.73. The Balaban J connectivity index is 2.48. The van der Waals surface area contributed by atoms with Gasteiger partial charge in [-0.05, 0) is 28.1 Å². The maximum atomic E-state index is 13.6. The fourth-order valence-electron chi connectivity index (χ4n) is 1.29. The van der Waals surface area contributed by atoms with Gasteiger partial charge in [-0.15, -0.1) is 0 Å². The first-order valence-electron chi connectivity index (χ1n) is 4.46. The van der Waals surface area contributed by atoms with Gasteiger partial charge in [0.15, 0.2) is 0 Å². The summed E-state index contributed by atoms with van der Waals surface area (Å²) < 4.78 is 50.7. The van der Waals surface area contributed by atoms with Crippen LogP contribution < -0.4 is 0 Å². The highest BCUT2D eigenvalue weighted by Gasteiger charge is 2.33. The van der Waals surface area contributed by atoms with Crippen molar-refractivity contribution >= 4 is 15.9 Å². The summed E-state index contributed by atoms with van der Waals surface area (Å²) in [5.74, 6) is -0.813. The highest BCUT2D eigenvalue weighted by Crippen LogP contribution is 2.31. The molecule has 2 nitrogen and oxygen atoms in total. The van der Waals surface area contributed by atoms with E-state index in [2.05, 4.69) is 20.9 Å². The first-order chi connectivity index (χ1) is 7.89. The minimum absolute atomic E-state index is 0.0186. The molecule has 2 aromatic rings. The van der Waals surface area contributed by atoms with Crippen LogP contribution in [0.4, 0.5) is 17.6 Å². The summed E-state index contributed by atoms with van der Waals surface area (Å²) in [6, 6.07) is 4.31. The highest BCUT2D eigenvalue weighted by molar-refractivity contribution is 9.10. The molecule has 0 amide bonds. The summed E-state index contributed by atoms with van der Waals surface area (Å²) in [7, 11) is 0. The van der Waals surface area contributed by atoms with Crippen LogP contribution in [-0.2, 0) is 6.18 Å². The Morgan fingerprint density at radius 3 is 2.53 bits per heavy atom. The molecule has 7 heteroatoms. The number of nitrogens with zero attached hydrogens (tertiary/aromatic N) is 1. The SMILES string of the molecule is Fc1c(Br)cccc1-c1ncc(C(F)(F)F)[nH]1. The van der Waals surface area contributed by atoms with Crippen LogP contribution in [0.1, 0.15) is 5.69 Å². The van der Waals surface area contributed by atoms with Gasteiger partial charge in [-0.25, -0.2) is 9.37 Å². The van der Waals surface area contributed by atoms with Gasteiger partial charge in [0.05, 0.1) is 16.2 Å². The molecule has 0 aliphatic heterocycles. The predicted molar refractivity (Wildman–Crippen MR) is 56.7 cm³/mol. The van der Waals surface area contributed by atoms with E-state index in [4.69, 9.17) is 0 Å². The molecule has 0 saturated heterocycles. The second kappa shape index (κ2) is 4.14. The van der Waals surface area contributed by atoms with E-state index in [1.165, 1.54) is 18.2 Å². The van der Waals surface area contributed by atoms with E-state index >= 15 is 0 Å². The van der Waals surface area contributed by atoms with Gasteiger partial charge in [-0.2, -0.15) is 13.2 Å². The molecule has 1 aromatic heterocycles. The van der Waals surface area contributed by atoms with Gasteiger partial charge in [0.1, 0.15) is 17.3 Å². The molecule has 0 spiro atoms. The summed E-state index contributed by atoms with van der Waals surface area (Å²) in [6.07, 6.45) is -3.89. The number of benzene rings is 1. The number of imidazole rings is 1. The van der Waals surface area contributed by atoms with Gasteiger partial charge in [0.2, 0.25) is 0 Å². The molecule has 0 radical (unpaired) electrons. The number of aromatic amines is 1. The Labute approximate surface area is 102 Å². The third-order valence-electron chi connectivity index (χ3n) is 2.09. The summed E-state index contributed by atoms with van der Waals surface area (Å²) in [5.41, 5.74) is -1.03. The molecule has 2 rings (SSSR count). The van der Waals surface area contributed by atoms with Crippen molar-refractivity contribution in [3.63, 3.8) is 0 Å². The lowest BCUT2D eigenvalue weighted by Gasteiger charge is -2.03. The zero-order valence-electron chi connectivity index (χ0n) is 8.15. The topological polar surface area (TPSA) is 28.7 Å². The van der Waals surface area contributed by atoms with Crippen LogP contribution in [0.3, 0.4) is 0 Å². The summed E-state index contributed by atoms with van der Waals surface area (Å²) in [5, 5.41) is 0. The van der Waals surface area contributed by atoms with E-state index in [0.717, 1.165) is 0 Å². The molecule has 17 heavy (non-hydrogen) atoms. The predicted octanol–water partition coefficient (Wildman–Crippen LogP) is 4.00. The Morgan fingerprint density at radius 1 is 1.24 bits per heavy atom. The Bertz CT molecular complexity index is 547. The molecule has 0 fully saturated rings. The molecule has 1 heterocycles. The van der Waals surface area contributed by atoms with Crippen molar-refractivity contribution in [2.24, 2.45) is 0 Å². The van der Waals surface area contributed by atoms with Gasteiger partial charge in [-0.1, -0.05) is 6.07 Å². The highest BCUT2D eigenvalue weighted by atomic mass is 79.9. The maximum absolute atomic E-state index is 13.6. The minimum atomic E-state index is -4.52. The van der Waals surface area contributed by atoms with Crippen LogP contribution in [0, 0.1) is 5.82 Å². The fraction of sp³-hybridized carbons (Fsp3) is 0.100. The van der Waals surface area contributed by atoms with Crippen LogP contribution >= 0.6 is 15.9 Å². The first kappa shape index (κ1) is 12.1. The van der Waals surface area contributed by atoms with Crippen LogP contribution in [0.2, 0.25) is 0 Å². The second-order valence-electron chi connectivity index (χ2n) is 3.24. The molecule has 0 unspecified atom stereocenters. The number of hydrogen-bond acceptors (Lipinski definition) is 1. The zero-order chi connectivity index (χ0) is 12.6. The lowest BCUT2D eigenvalue weighted by Crippen LogP contribution is -2.04. The van der Waals surface area contributed by atoms with Gasteiger partial charge >= 0.3 is 6.18 Å². The number of alkyl halides is 3. The fourth-order valence-corrected chi connectivity index (χ4v) is 1.66. The van der Waals surface area contributed by atoms with Crippen molar-refractivity contribution in [1.82, 2.24) is 9.97 Å². The molecule has 1 N–H and O–H groups in total. The van der Waals surface area contributed by atoms with Gasteiger partial charge < -0.3 is 4.98 Å². The molecule has 0 bridgehead atoms. The van der Waals surface area contributed by atoms with E-state index in [9.17, 15) is 17.6 Å². The number of rotatable bonds is 1. The average Bonchev–Trinajstić information content (AvgIpc) is 2.70. The van der Waals surface area contributed by atoms with E-state index in [-0.39, 0.29) is 15.9 Å². The van der Waals surface area contributed by atoms with E-state index in [1.807, 2.05) is 4.98 Å². The summed E-state index contributed by atoms with van der Waals surface area (Å²) in [4.78, 5) is 5.56. The van der Waals surface area contributed by atoms with Crippen molar-refractivity contribution in [3.8, 4) is 11.4 Å². The van der Waals surface area contributed by atoms with Crippen LogP contribution in [0.25, 0.3) is 11.4 Å². The molecular weight excluding hydrogens is 304 g/mol. The Morgan fingerprint density at radius 2 is 1.94 bits per heavy atom. The summed E-state index contributed by atoms with van der Waals surface area (Å²) in [6.45, 7) is 0. The third-order valence-corrected chi connectivity index (χ3v) is 2.70. The third kappa shape index (κ3) is 2.33. The Kier molecular flexibility index (Phi) is 2.94. The van der Waals surface area contributed by atoms with Crippen LogP contribution in [0.15, 0.2) is 28.9 Å². The number of aromatic nitrogens is 2. The second-order valence-corrected chi connectivity index (χ2v) is 4.10. The quantitative estimate of drug-likeness (QED) is 0.793. The average molecular weight is 309 g/mol. The van der Waals surface area contributed by atoms with E-state index in [1.54, 1.807) is 0 Å². The van der Waals surface area contributed by atoms with Crippen molar-refractivity contribution < 1.29 is 17.6 Å². The molecule has 0 atom stereocenters. The van der Waals surface area contributed by atoms with Crippen molar-refractivity contribution in [2.75, 3.05) is 0 Å². The molecular formula is C10H5BrF4N2. The molecule has 90 valence electrons. The number of halogens is 5. The molecule has 1 aromatic carbocycles. The van der Waals surface area contributed by atoms with Crippen molar-refractivity contribution in [2.45, 2.75) is 6.18 Å². The van der Waals surface area contributed by atoms with E-state index in [0.29, 0.717) is 6.20 Å². The van der Waals surface area contributed by atoms with Crippen LogP contribution in [0.5, 0.6) is 0 Å². The molecule has 0 saturated carbocycles. The lowest BCUT2D eigenvalue weighted by atomic mass is 10.2.